The van der Waals surface area contributed by atoms with Gasteiger partial charge in [-0.2, -0.15) is 0 Å². The molecule has 1 saturated heterocycles. The molecule has 1 amide bonds. The number of hydrogen-bond donors (Lipinski definition) is 2. The van der Waals surface area contributed by atoms with Crippen molar-refractivity contribution in [3.8, 4) is 17.0 Å². The first-order valence-electron chi connectivity index (χ1n) is 13.1. The number of piperidine rings is 1. The molecule has 0 saturated carbocycles. The molecule has 0 radical (unpaired) electrons. The molecule has 1 aliphatic heterocycles. The Morgan fingerprint density at radius 3 is 2.74 bits per heavy atom. The van der Waals surface area contributed by atoms with E-state index >= 15 is 0 Å². The van der Waals surface area contributed by atoms with Crippen LogP contribution in [0.4, 0.5) is 10.6 Å². The molecule has 1 aromatic carbocycles. The van der Waals surface area contributed by atoms with E-state index in [1.807, 2.05) is 62.1 Å². The molecule has 3 aromatic heterocycles. The Morgan fingerprint density at radius 1 is 1.16 bits per heavy atom. The third-order valence-corrected chi connectivity index (χ3v) is 6.72. The van der Waals surface area contributed by atoms with E-state index in [-0.39, 0.29) is 12.0 Å². The summed E-state index contributed by atoms with van der Waals surface area (Å²) in [5.74, 6) is 1.64. The molecule has 1 fully saturated rings. The van der Waals surface area contributed by atoms with Crippen molar-refractivity contribution in [3.63, 3.8) is 0 Å². The lowest BCUT2D eigenvalue weighted by Gasteiger charge is -2.33. The van der Waals surface area contributed by atoms with Crippen LogP contribution >= 0.6 is 0 Å². The van der Waals surface area contributed by atoms with Gasteiger partial charge in [-0.3, -0.25) is 0 Å². The number of amides is 1. The van der Waals surface area contributed by atoms with Crippen molar-refractivity contribution in [2.75, 3.05) is 25.5 Å². The average molecular weight is 514 g/mol. The van der Waals surface area contributed by atoms with Crippen molar-refractivity contribution in [2.24, 2.45) is 0 Å². The second kappa shape index (κ2) is 10.7. The summed E-state index contributed by atoms with van der Waals surface area (Å²) < 4.78 is 11.3. The largest absolute Gasteiger partial charge is 0.494 e. The van der Waals surface area contributed by atoms with E-state index in [4.69, 9.17) is 14.5 Å². The number of anilines is 1. The fourth-order valence-corrected chi connectivity index (χ4v) is 4.89. The Bertz CT molecular complexity index is 1410. The van der Waals surface area contributed by atoms with Crippen LogP contribution in [0, 0.1) is 0 Å². The standard InChI is InChI=1S/C30H35N5O3/c1-30(2,3)38-29(36)35-16-8-11-21(19-35)24-17-23-22(14-15-31-28(23)33-24)27-25(37-4)12-13-26(34-27)32-18-20-9-6-5-7-10-20/h5-7,9-10,12-15,17,21H,8,11,16,18-19H2,1-4H3,(H,31,33)(H,32,34). The Labute approximate surface area is 223 Å². The molecular weight excluding hydrogens is 478 g/mol. The van der Waals surface area contributed by atoms with Crippen molar-refractivity contribution in [3.05, 3.63) is 72.1 Å². The molecule has 0 aliphatic carbocycles. The molecular formula is C30H35N5O3. The zero-order valence-electron chi connectivity index (χ0n) is 22.5. The van der Waals surface area contributed by atoms with Crippen LogP contribution in [0.25, 0.3) is 22.3 Å². The Morgan fingerprint density at radius 2 is 1.97 bits per heavy atom. The summed E-state index contributed by atoms with van der Waals surface area (Å²) in [7, 11) is 1.66. The zero-order chi connectivity index (χ0) is 26.7. The lowest BCUT2D eigenvalue weighted by Crippen LogP contribution is -2.42. The Balaban J connectivity index is 1.42. The Hall–Kier alpha value is -4.07. The first-order chi connectivity index (χ1) is 18.3. The minimum atomic E-state index is -0.513. The van der Waals surface area contributed by atoms with Crippen molar-refractivity contribution < 1.29 is 14.3 Å². The number of carbonyl (C=O) groups excluding carboxylic acids is 1. The van der Waals surface area contributed by atoms with Crippen LogP contribution in [0.5, 0.6) is 5.75 Å². The second-order valence-corrected chi connectivity index (χ2v) is 10.7. The number of benzene rings is 1. The predicted octanol–water partition coefficient (Wildman–Crippen LogP) is 6.36. The third kappa shape index (κ3) is 5.74. The van der Waals surface area contributed by atoms with E-state index in [2.05, 4.69) is 33.5 Å². The van der Waals surface area contributed by atoms with Gasteiger partial charge in [-0.15, -0.1) is 0 Å². The van der Waals surface area contributed by atoms with Crippen LogP contribution in [0.2, 0.25) is 0 Å². The van der Waals surface area contributed by atoms with E-state index in [1.165, 1.54) is 5.56 Å². The molecule has 5 rings (SSSR count). The number of nitrogens with zero attached hydrogens (tertiary/aromatic N) is 3. The van der Waals surface area contributed by atoms with Gasteiger partial charge in [0.15, 0.2) is 0 Å². The van der Waals surface area contributed by atoms with Crippen LogP contribution in [0.3, 0.4) is 0 Å². The van der Waals surface area contributed by atoms with Gasteiger partial charge >= 0.3 is 6.09 Å². The van der Waals surface area contributed by atoms with Crippen LogP contribution in [0.1, 0.15) is 50.8 Å². The molecule has 38 heavy (non-hydrogen) atoms. The van der Waals surface area contributed by atoms with Crippen LogP contribution in [-0.2, 0) is 11.3 Å². The highest BCUT2D eigenvalue weighted by Crippen LogP contribution is 2.36. The van der Waals surface area contributed by atoms with E-state index in [9.17, 15) is 4.79 Å². The highest BCUT2D eigenvalue weighted by molar-refractivity contribution is 5.94. The van der Waals surface area contributed by atoms with Gasteiger partial charge in [0.2, 0.25) is 0 Å². The van der Waals surface area contributed by atoms with E-state index < -0.39 is 5.60 Å². The maximum atomic E-state index is 12.7. The molecule has 1 aliphatic rings. The number of hydrogen-bond acceptors (Lipinski definition) is 6. The summed E-state index contributed by atoms with van der Waals surface area (Å²) in [6, 6.07) is 18.2. The maximum Gasteiger partial charge on any atom is 0.410 e. The summed E-state index contributed by atoms with van der Waals surface area (Å²) in [6.45, 7) is 7.68. The summed E-state index contributed by atoms with van der Waals surface area (Å²) in [4.78, 5) is 27.5. The quantitative estimate of drug-likeness (QED) is 0.312. The molecule has 0 spiro atoms. The van der Waals surface area contributed by atoms with Crippen molar-refractivity contribution in [1.82, 2.24) is 19.9 Å². The van der Waals surface area contributed by atoms with Crippen molar-refractivity contribution >= 4 is 22.9 Å². The number of nitrogens with one attached hydrogen (secondary N) is 2. The van der Waals surface area contributed by atoms with Crippen LogP contribution < -0.4 is 10.1 Å². The van der Waals surface area contributed by atoms with E-state index in [0.29, 0.717) is 25.4 Å². The summed E-state index contributed by atoms with van der Waals surface area (Å²) in [6.07, 6.45) is 3.44. The summed E-state index contributed by atoms with van der Waals surface area (Å²) >= 11 is 0. The normalized spacial score (nSPS) is 15.9. The van der Waals surface area contributed by atoms with Gasteiger partial charge in [-0.05, 0) is 63.4 Å². The van der Waals surface area contributed by atoms with Crippen LogP contribution in [-0.4, -0.2) is 51.7 Å². The smallest absolute Gasteiger partial charge is 0.410 e. The minimum absolute atomic E-state index is 0.173. The molecule has 4 heterocycles. The summed E-state index contributed by atoms with van der Waals surface area (Å²) in [5, 5.41) is 4.39. The maximum absolute atomic E-state index is 12.7. The molecule has 8 heteroatoms. The number of H-pyrrole nitrogens is 1. The van der Waals surface area contributed by atoms with Gasteiger partial charge < -0.3 is 24.7 Å². The molecule has 1 unspecified atom stereocenters. The minimum Gasteiger partial charge on any atom is -0.494 e. The number of carbonyl (C=O) groups is 1. The van der Waals surface area contributed by atoms with Crippen molar-refractivity contribution in [1.29, 1.82) is 0 Å². The van der Waals surface area contributed by atoms with Gasteiger partial charge in [0.05, 0.1) is 7.11 Å². The topological polar surface area (TPSA) is 92.4 Å². The third-order valence-electron chi connectivity index (χ3n) is 6.72. The number of likely N-dealkylation sites (tertiary alicyclic amines) is 1. The number of rotatable bonds is 6. The molecule has 8 nitrogen and oxygen atoms in total. The average Bonchev–Trinajstić information content (AvgIpc) is 3.36. The monoisotopic (exact) mass is 513 g/mol. The highest BCUT2D eigenvalue weighted by Gasteiger charge is 2.29. The number of ether oxygens (including phenoxy) is 2. The summed E-state index contributed by atoms with van der Waals surface area (Å²) in [5.41, 5.74) is 4.21. The number of methoxy groups -OCH3 is 1. The van der Waals surface area contributed by atoms with Crippen LogP contribution in [0.15, 0.2) is 60.8 Å². The number of aromatic nitrogens is 3. The zero-order valence-corrected chi connectivity index (χ0v) is 22.5. The van der Waals surface area contributed by atoms with Gasteiger partial charge in [-0.25, -0.2) is 14.8 Å². The predicted molar refractivity (Wildman–Crippen MR) is 149 cm³/mol. The first kappa shape index (κ1) is 25.6. The molecule has 0 bridgehead atoms. The van der Waals surface area contributed by atoms with E-state index in [0.717, 1.165) is 46.6 Å². The van der Waals surface area contributed by atoms with Gasteiger partial charge in [0, 0.05) is 48.4 Å². The van der Waals surface area contributed by atoms with Crippen molar-refractivity contribution in [2.45, 2.75) is 51.7 Å². The molecule has 1 atom stereocenters. The van der Waals surface area contributed by atoms with Gasteiger partial charge in [-0.1, -0.05) is 30.3 Å². The fraction of sp³-hybridized carbons (Fsp3) is 0.367. The Kier molecular flexibility index (Phi) is 7.22. The molecule has 2 N–H and O–H groups in total. The lowest BCUT2D eigenvalue weighted by atomic mass is 9.94. The molecule has 198 valence electrons. The van der Waals surface area contributed by atoms with Gasteiger partial charge in [0.1, 0.15) is 28.5 Å². The number of aromatic amines is 1. The van der Waals surface area contributed by atoms with E-state index in [1.54, 1.807) is 13.3 Å². The highest BCUT2D eigenvalue weighted by atomic mass is 16.6. The fourth-order valence-electron chi connectivity index (χ4n) is 4.89. The first-order valence-corrected chi connectivity index (χ1v) is 13.1. The van der Waals surface area contributed by atoms with Gasteiger partial charge in [0.25, 0.3) is 0 Å². The SMILES string of the molecule is COc1ccc(NCc2ccccc2)nc1-c1ccnc2[nH]c(C3CCCN(C(=O)OC(C)(C)C)C3)cc12. The second-order valence-electron chi connectivity index (χ2n) is 10.7. The number of pyridine rings is 2. The molecule has 4 aromatic rings. The lowest BCUT2D eigenvalue weighted by molar-refractivity contribution is 0.0197. The number of fused-ring (bicyclic) bond motifs is 1.